The molecule has 19 heavy (non-hydrogen) atoms. The van der Waals surface area contributed by atoms with Crippen molar-refractivity contribution in [1.82, 2.24) is 4.98 Å². The van der Waals surface area contributed by atoms with Gasteiger partial charge in [-0.25, -0.2) is 0 Å². The molecule has 3 nitrogen and oxygen atoms in total. The summed E-state index contributed by atoms with van der Waals surface area (Å²) < 4.78 is 5.97. The molecule has 0 spiro atoms. The third-order valence-electron chi connectivity index (χ3n) is 4.34. The van der Waals surface area contributed by atoms with Gasteiger partial charge in [-0.1, -0.05) is 6.92 Å². The molecule has 1 aliphatic carbocycles. The smallest absolute Gasteiger partial charge is 0.312 e. The predicted octanol–water partition coefficient (Wildman–Crippen LogP) is 3.83. The molecular formula is C16H23NO2. The van der Waals surface area contributed by atoms with E-state index in [1.54, 1.807) is 12.4 Å². The zero-order valence-electron chi connectivity index (χ0n) is 12.1. The first-order valence-corrected chi connectivity index (χ1v) is 7.14. The van der Waals surface area contributed by atoms with Crippen LogP contribution in [0.5, 0.6) is 0 Å². The average Bonchev–Trinajstić information content (AvgIpc) is 2.89. The van der Waals surface area contributed by atoms with Crippen molar-refractivity contribution in [3.8, 4) is 0 Å². The van der Waals surface area contributed by atoms with Gasteiger partial charge in [0.2, 0.25) is 0 Å². The third kappa shape index (κ3) is 2.80. The number of ether oxygens (including phenoxy) is 1. The summed E-state index contributed by atoms with van der Waals surface area (Å²) in [7, 11) is 0. The molecular weight excluding hydrogens is 238 g/mol. The lowest BCUT2D eigenvalue weighted by atomic mass is 9.88. The van der Waals surface area contributed by atoms with Crippen molar-refractivity contribution in [2.75, 3.05) is 0 Å². The van der Waals surface area contributed by atoms with Crippen LogP contribution >= 0.6 is 0 Å². The average molecular weight is 261 g/mol. The number of nitrogens with zero attached hydrogens (tertiary/aromatic N) is 1. The molecule has 0 bridgehead atoms. The fraction of sp³-hybridized carbons (Fsp3) is 0.625. The number of rotatable bonds is 4. The molecule has 1 heterocycles. The van der Waals surface area contributed by atoms with Gasteiger partial charge in [-0.15, -0.1) is 0 Å². The quantitative estimate of drug-likeness (QED) is 0.773. The highest BCUT2D eigenvalue weighted by molar-refractivity contribution is 5.76. The lowest BCUT2D eigenvalue weighted by Gasteiger charge is -2.33. The van der Waals surface area contributed by atoms with Crippen LogP contribution in [0.15, 0.2) is 24.5 Å². The van der Waals surface area contributed by atoms with Gasteiger partial charge in [-0.05, 0) is 63.6 Å². The van der Waals surface area contributed by atoms with Gasteiger partial charge in [0.25, 0.3) is 0 Å². The Morgan fingerprint density at radius 3 is 2.42 bits per heavy atom. The number of hydrogen-bond donors (Lipinski definition) is 0. The van der Waals surface area contributed by atoms with Crippen LogP contribution in [0, 0.1) is 5.41 Å². The predicted molar refractivity (Wildman–Crippen MR) is 74.5 cm³/mol. The lowest BCUT2D eigenvalue weighted by molar-refractivity contribution is -0.171. The molecule has 104 valence electrons. The molecule has 2 rings (SSSR count). The number of aromatic nitrogens is 1. The highest BCUT2D eigenvalue weighted by Gasteiger charge is 2.42. The molecule has 0 N–H and O–H groups in total. The monoisotopic (exact) mass is 261 g/mol. The molecule has 0 aliphatic heterocycles. The van der Waals surface area contributed by atoms with Crippen LogP contribution in [0.2, 0.25) is 0 Å². The van der Waals surface area contributed by atoms with Gasteiger partial charge in [0.05, 0.1) is 5.41 Å². The van der Waals surface area contributed by atoms with Gasteiger partial charge in [0.15, 0.2) is 0 Å². The maximum atomic E-state index is 12.4. The summed E-state index contributed by atoms with van der Waals surface area (Å²) in [5.74, 6) is -0.0892. The Hall–Kier alpha value is -1.38. The summed E-state index contributed by atoms with van der Waals surface area (Å²) in [5.41, 5.74) is 0.245. The van der Waals surface area contributed by atoms with Gasteiger partial charge in [0, 0.05) is 12.4 Å². The molecule has 0 unspecified atom stereocenters. The number of esters is 1. The maximum Gasteiger partial charge on any atom is 0.312 e. The highest BCUT2D eigenvalue weighted by atomic mass is 16.6. The van der Waals surface area contributed by atoms with Crippen molar-refractivity contribution in [3.05, 3.63) is 30.1 Å². The summed E-state index contributed by atoms with van der Waals surface area (Å²) >= 11 is 0. The molecule has 0 atom stereocenters. The van der Waals surface area contributed by atoms with Gasteiger partial charge >= 0.3 is 5.97 Å². The molecule has 1 aromatic rings. The van der Waals surface area contributed by atoms with Crippen LogP contribution in [0.1, 0.15) is 58.4 Å². The lowest BCUT2D eigenvalue weighted by Crippen LogP contribution is -2.36. The van der Waals surface area contributed by atoms with Crippen molar-refractivity contribution < 1.29 is 9.53 Å². The van der Waals surface area contributed by atoms with E-state index in [4.69, 9.17) is 4.74 Å². The van der Waals surface area contributed by atoms with Crippen LogP contribution in [0.4, 0.5) is 0 Å². The fourth-order valence-corrected chi connectivity index (χ4v) is 2.51. The molecule has 1 saturated carbocycles. The molecule has 1 aliphatic rings. The van der Waals surface area contributed by atoms with Crippen molar-refractivity contribution in [1.29, 1.82) is 0 Å². The highest BCUT2D eigenvalue weighted by Crippen LogP contribution is 2.43. The van der Waals surface area contributed by atoms with Crippen molar-refractivity contribution in [2.45, 2.75) is 58.5 Å². The van der Waals surface area contributed by atoms with E-state index in [-0.39, 0.29) is 5.97 Å². The van der Waals surface area contributed by atoms with Crippen molar-refractivity contribution in [2.24, 2.45) is 5.41 Å². The number of carbonyl (C=O) groups is 1. The first-order chi connectivity index (χ1) is 9.00. The van der Waals surface area contributed by atoms with E-state index in [9.17, 15) is 4.79 Å². The molecule has 0 amide bonds. The fourth-order valence-electron chi connectivity index (χ4n) is 2.51. The SMILES string of the molecule is CCC(C)(C)C(=O)OC1(c2ccncc2)CCCC1. The topological polar surface area (TPSA) is 39.2 Å². The van der Waals surface area contributed by atoms with E-state index in [0.717, 1.165) is 37.7 Å². The number of pyridine rings is 1. The zero-order valence-corrected chi connectivity index (χ0v) is 12.1. The van der Waals surface area contributed by atoms with Crippen molar-refractivity contribution in [3.63, 3.8) is 0 Å². The summed E-state index contributed by atoms with van der Waals surface area (Å²) in [6.07, 6.45) is 8.40. The Bertz CT molecular complexity index is 433. The number of hydrogen-bond acceptors (Lipinski definition) is 3. The molecule has 0 aromatic carbocycles. The standard InChI is InChI=1S/C16H23NO2/c1-4-15(2,3)14(18)19-16(9-5-6-10-16)13-7-11-17-12-8-13/h7-8,11-12H,4-6,9-10H2,1-3H3. The number of carbonyl (C=O) groups excluding carboxylic acids is 1. The van der Waals surface area contributed by atoms with Crippen LogP contribution in [-0.2, 0) is 15.1 Å². The van der Waals surface area contributed by atoms with E-state index < -0.39 is 11.0 Å². The van der Waals surface area contributed by atoms with E-state index in [1.807, 2.05) is 32.9 Å². The van der Waals surface area contributed by atoms with E-state index in [1.165, 1.54) is 0 Å². The molecule has 0 radical (unpaired) electrons. The van der Waals surface area contributed by atoms with Gasteiger partial charge in [-0.3, -0.25) is 9.78 Å². The Kier molecular flexibility index (Phi) is 3.93. The van der Waals surface area contributed by atoms with Gasteiger partial charge < -0.3 is 4.74 Å². The third-order valence-corrected chi connectivity index (χ3v) is 4.34. The molecule has 1 aromatic heterocycles. The molecule has 0 saturated heterocycles. The van der Waals surface area contributed by atoms with Crippen LogP contribution < -0.4 is 0 Å². The summed E-state index contributed by atoms with van der Waals surface area (Å²) in [6, 6.07) is 3.94. The molecule has 3 heteroatoms. The second-order valence-corrected chi connectivity index (χ2v) is 6.06. The van der Waals surface area contributed by atoms with Crippen LogP contribution in [0.3, 0.4) is 0 Å². The summed E-state index contributed by atoms with van der Waals surface area (Å²) in [4.78, 5) is 16.4. The normalized spacial score (nSPS) is 18.3. The Labute approximate surface area is 115 Å². The van der Waals surface area contributed by atoms with Crippen molar-refractivity contribution >= 4 is 5.97 Å². The first kappa shape index (κ1) is 14.0. The molecule has 1 fully saturated rings. The summed E-state index contributed by atoms with van der Waals surface area (Å²) in [6.45, 7) is 5.92. The minimum absolute atomic E-state index is 0.0892. The maximum absolute atomic E-state index is 12.4. The van der Waals surface area contributed by atoms with E-state index in [2.05, 4.69) is 4.98 Å². The zero-order chi connectivity index (χ0) is 13.9. The second-order valence-electron chi connectivity index (χ2n) is 6.06. The van der Waals surface area contributed by atoms with Crippen LogP contribution in [0.25, 0.3) is 0 Å². The Morgan fingerprint density at radius 1 is 1.32 bits per heavy atom. The Morgan fingerprint density at radius 2 is 1.89 bits per heavy atom. The second kappa shape index (κ2) is 5.32. The first-order valence-electron chi connectivity index (χ1n) is 7.14. The van der Waals surface area contributed by atoms with E-state index >= 15 is 0 Å². The largest absolute Gasteiger partial charge is 0.454 e. The Balaban J connectivity index is 2.25. The van der Waals surface area contributed by atoms with E-state index in [0.29, 0.717) is 0 Å². The van der Waals surface area contributed by atoms with Gasteiger partial charge in [-0.2, -0.15) is 0 Å². The van der Waals surface area contributed by atoms with Crippen LogP contribution in [-0.4, -0.2) is 11.0 Å². The summed E-state index contributed by atoms with van der Waals surface area (Å²) in [5, 5.41) is 0. The minimum atomic E-state index is -0.424. The minimum Gasteiger partial charge on any atom is -0.454 e. The van der Waals surface area contributed by atoms with Gasteiger partial charge in [0.1, 0.15) is 5.60 Å².